The minimum absolute atomic E-state index is 0.0218. The Kier molecular flexibility index (Phi) is 7.15. The Labute approximate surface area is 128 Å². The van der Waals surface area contributed by atoms with Crippen LogP contribution in [0.4, 0.5) is 0 Å². The van der Waals surface area contributed by atoms with Crippen molar-refractivity contribution in [3.8, 4) is 0 Å². The van der Waals surface area contributed by atoms with Gasteiger partial charge in [0.1, 0.15) is 0 Å². The number of carbonyl (C=O) groups excluding carboxylic acids is 2. The number of carbonyl (C=O) groups is 2. The summed E-state index contributed by atoms with van der Waals surface area (Å²) in [7, 11) is 1.81. The molecule has 1 saturated carbocycles. The topological polar surface area (TPSA) is 61.4 Å². The summed E-state index contributed by atoms with van der Waals surface area (Å²) in [6.07, 6.45) is 4.71. The molecule has 2 N–H and O–H groups in total. The van der Waals surface area contributed by atoms with Gasteiger partial charge in [0.2, 0.25) is 11.8 Å². The highest BCUT2D eigenvalue weighted by molar-refractivity contribution is 5.83. The van der Waals surface area contributed by atoms with Crippen molar-refractivity contribution in [1.82, 2.24) is 15.5 Å². The van der Waals surface area contributed by atoms with Gasteiger partial charge in [-0.2, -0.15) is 0 Å². The first-order valence-corrected chi connectivity index (χ1v) is 8.11. The van der Waals surface area contributed by atoms with Gasteiger partial charge in [0.15, 0.2) is 0 Å². The number of likely N-dealkylation sites (N-methyl/N-ethyl adjacent to an activating group) is 1. The molecule has 0 unspecified atom stereocenters. The molecular formula is C16H31N3O2. The molecule has 0 saturated heterocycles. The van der Waals surface area contributed by atoms with E-state index in [1.807, 2.05) is 27.8 Å². The van der Waals surface area contributed by atoms with Gasteiger partial charge in [-0.25, -0.2) is 0 Å². The first-order valence-electron chi connectivity index (χ1n) is 8.11. The summed E-state index contributed by atoms with van der Waals surface area (Å²) >= 11 is 0. The first kappa shape index (κ1) is 18.0. The second-order valence-electron chi connectivity index (χ2n) is 6.69. The molecule has 5 heteroatoms. The van der Waals surface area contributed by atoms with E-state index in [4.69, 9.17) is 0 Å². The average molecular weight is 297 g/mol. The molecule has 0 heterocycles. The normalized spacial score (nSPS) is 24.0. The van der Waals surface area contributed by atoms with Crippen LogP contribution in [0.2, 0.25) is 0 Å². The first-order chi connectivity index (χ1) is 9.81. The van der Waals surface area contributed by atoms with Crippen LogP contribution in [0.15, 0.2) is 0 Å². The van der Waals surface area contributed by atoms with Crippen LogP contribution in [0.5, 0.6) is 0 Å². The Morgan fingerprint density at radius 2 is 1.81 bits per heavy atom. The second-order valence-corrected chi connectivity index (χ2v) is 6.69. The lowest BCUT2D eigenvalue weighted by molar-refractivity contribution is -0.128. The lowest BCUT2D eigenvalue weighted by Crippen LogP contribution is -2.51. The van der Waals surface area contributed by atoms with E-state index in [0.717, 1.165) is 6.42 Å². The van der Waals surface area contributed by atoms with Gasteiger partial charge >= 0.3 is 0 Å². The highest BCUT2D eigenvalue weighted by Gasteiger charge is 2.26. The monoisotopic (exact) mass is 297 g/mol. The summed E-state index contributed by atoms with van der Waals surface area (Å²) in [5.41, 5.74) is 0. The van der Waals surface area contributed by atoms with Gasteiger partial charge in [0.25, 0.3) is 0 Å². The molecule has 122 valence electrons. The van der Waals surface area contributed by atoms with Gasteiger partial charge in [-0.15, -0.1) is 0 Å². The van der Waals surface area contributed by atoms with Crippen molar-refractivity contribution in [1.29, 1.82) is 0 Å². The molecule has 2 amide bonds. The fourth-order valence-corrected chi connectivity index (χ4v) is 2.77. The van der Waals surface area contributed by atoms with Crippen molar-refractivity contribution >= 4 is 11.8 Å². The second kappa shape index (κ2) is 8.37. The van der Waals surface area contributed by atoms with Crippen LogP contribution in [0.25, 0.3) is 0 Å². The van der Waals surface area contributed by atoms with Crippen LogP contribution < -0.4 is 10.6 Å². The molecular weight excluding hydrogens is 266 g/mol. The summed E-state index contributed by atoms with van der Waals surface area (Å²) < 4.78 is 0. The van der Waals surface area contributed by atoms with Gasteiger partial charge in [0.05, 0.1) is 12.6 Å². The van der Waals surface area contributed by atoms with Crippen LogP contribution in [-0.2, 0) is 9.59 Å². The quantitative estimate of drug-likeness (QED) is 0.781. The molecule has 3 atom stereocenters. The van der Waals surface area contributed by atoms with Gasteiger partial charge in [0, 0.05) is 12.1 Å². The van der Waals surface area contributed by atoms with E-state index < -0.39 is 0 Å². The summed E-state index contributed by atoms with van der Waals surface area (Å²) in [5, 5.41) is 5.99. The highest BCUT2D eigenvalue weighted by atomic mass is 16.2. The molecule has 0 radical (unpaired) electrons. The van der Waals surface area contributed by atoms with Crippen LogP contribution in [-0.4, -0.2) is 48.4 Å². The highest BCUT2D eigenvalue weighted by Crippen LogP contribution is 2.23. The number of rotatable bonds is 6. The molecule has 21 heavy (non-hydrogen) atoms. The Bertz CT molecular complexity index is 357. The van der Waals surface area contributed by atoms with E-state index in [-0.39, 0.29) is 36.5 Å². The Morgan fingerprint density at radius 1 is 1.19 bits per heavy atom. The SMILES string of the molecule is CC(C)NC(=O)CN(C)[C@H](C)C(=O)N[C@H]1CCCC[C@H]1C. The zero-order valence-electron chi connectivity index (χ0n) is 14.1. The molecule has 1 rings (SSSR count). The van der Waals surface area contributed by atoms with Crippen molar-refractivity contribution in [2.75, 3.05) is 13.6 Å². The van der Waals surface area contributed by atoms with E-state index in [1.54, 1.807) is 4.90 Å². The summed E-state index contributed by atoms with van der Waals surface area (Å²) in [5.74, 6) is 0.524. The molecule has 1 aliphatic carbocycles. The van der Waals surface area contributed by atoms with Gasteiger partial charge < -0.3 is 10.6 Å². The smallest absolute Gasteiger partial charge is 0.237 e. The molecule has 1 fully saturated rings. The molecule has 1 aliphatic rings. The molecule has 0 aromatic carbocycles. The van der Waals surface area contributed by atoms with E-state index in [1.165, 1.54) is 19.3 Å². The lowest BCUT2D eigenvalue weighted by atomic mass is 9.86. The number of amides is 2. The zero-order chi connectivity index (χ0) is 16.0. The molecule has 5 nitrogen and oxygen atoms in total. The fraction of sp³-hybridized carbons (Fsp3) is 0.875. The van der Waals surface area contributed by atoms with Crippen LogP contribution in [0, 0.1) is 5.92 Å². The van der Waals surface area contributed by atoms with E-state index in [9.17, 15) is 9.59 Å². The van der Waals surface area contributed by atoms with Crippen LogP contribution in [0.1, 0.15) is 53.4 Å². The third-order valence-corrected chi connectivity index (χ3v) is 4.32. The van der Waals surface area contributed by atoms with Crippen LogP contribution in [0.3, 0.4) is 0 Å². The lowest BCUT2D eigenvalue weighted by Gasteiger charge is -2.32. The standard InChI is InChI=1S/C16H31N3O2/c1-11(2)17-15(20)10-19(5)13(4)16(21)18-14-9-7-6-8-12(14)3/h11-14H,6-10H2,1-5H3,(H,17,20)(H,18,21)/t12-,13-,14+/m1/s1. The minimum Gasteiger partial charge on any atom is -0.353 e. The molecule has 0 aromatic rings. The minimum atomic E-state index is -0.294. The zero-order valence-corrected chi connectivity index (χ0v) is 14.1. The predicted octanol–water partition coefficient (Wildman–Crippen LogP) is 1.53. The van der Waals surface area contributed by atoms with Gasteiger partial charge in [-0.05, 0) is 46.6 Å². The van der Waals surface area contributed by atoms with Crippen molar-refractivity contribution in [2.24, 2.45) is 5.92 Å². The maximum absolute atomic E-state index is 12.3. The van der Waals surface area contributed by atoms with Gasteiger partial charge in [-0.3, -0.25) is 14.5 Å². The third-order valence-electron chi connectivity index (χ3n) is 4.32. The van der Waals surface area contributed by atoms with Crippen molar-refractivity contribution in [3.05, 3.63) is 0 Å². The maximum Gasteiger partial charge on any atom is 0.237 e. The molecule has 0 bridgehead atoms. The maximum atomic E-state index is 12.3. The van der Waals surface area contributed by atoms with Crippen molar-refractivity contribution in [2.45, 2.75) is 71.5 Å². The van der Waals surface area contributed by atoms with Crippen molar-refractivity contribution in [3.63, 3.8) is 0 Å². The van der Waals surface area contributed by atoms with E-state index in [0.29, 0.717) is 5.92 Å². The number of hydrogen-bond donors (Lipinski definition) is 2. The fourth-order valence-electron chi connectivity index (χ4n) is 2.77. The van der Waals surface area contributed by atoms with E-state index in [2.05, 4.69) is 17.6 Å². The van der Waals surface area contributed by atoms with Crippen molar-refractivity contribution < 1.29 is 9.59 Å². The number of hydrogen-bond acceptors (Lipinski definition) is 3. The summed E-state index contributed by atoms with van der Waals surface area (Å²) in [4.78, 5) is 25.9. The average Bonchev–Trinajstić information content (AvgIpc) is 2.39. The predicted molar refractivity (Wildman–Crippen MR) is 84.9 cm³/mol. The number of nitrogens with one attached hydrogen (secondary N) is 2. The Morgan fingerprint density at radius 3 is 2.38 bits per heavy atom. The number of nitrogens with zero attached hydrogens (tertiary/aromatic N) is 1. The molecule has 0 aromatic heterocycles. The van der Waals surface area contributed by atoms with E-state index >= 15 is 0 Å². The molecule has 0 aliphatic heterocycles. The third kappa shape index (κ3) is 6.04. The summed E-state index contributed by atoms with van der Waals surface area (Å²) in [6.45, 7) is 8.16. The Hall–Kier alpha value is -1.10. The Balaban J connectivity index is 2.43. The summed E-state index contributed by atoms with van der Waals surface area (Å²) in [6, 6.07) is 0.113. The van der Waals surface area contributed by atoms with Crippen LogP contribution >= 0.6 is 0 Å². The molecule has 0 spiro atoms. The van der Waals surface area contributed by atoms with Gasteiger partial charge in [-0.1, -0.05) is 19.8 Å². The largest absolute Gasteiger partial charge is 0.353 e.